The molecule has 1 atom stereocenters. The number of hydrogen-bond acceptors (Lipinski definition) is 4. The van der Waals surface area contributed by atoms with Crippen LogP contribution in [0.25, 0.3) is 0 Å². The van der Waals surface area contributed by atoms with Crippen LogP contribution in [0.3, 0.4) is 0 Å². The van der Waals surface area contributed by atoms with Gasteiger partial charge in [0.2, 0.25) is 0 Å². The minimum Gasteiger partial charge on any atom is -0.444 e. The van der Waals surface area contributed by atoms with Crippen LogP contribution < -0.4 is 5.32 Å². The fourth-order valence-corrected chi connectivity index (χ4v) is 1.79. The Labute approximate surface area is 102 Å². The maximum atomic E-state index is 11.9. The maximum Gasteiger partial charge on any atom is 0.408 e. The van der Waals surface area contributed by atoms with E-state index in [4.69, 9.17) is 9.47 Å². The first-order chi connectivity index (χ1) is 7.79. The molecule has 0 aliphatic carbocycles. The highest BCUT2D eigenvalue weighted by Crippen LogP contribution is 2.22. The quantitative estimate of drug-likeness (QED) is 0.818. The Morgan fingerprint density at radius 3 is 2.47 bits per heavy atom. The number of carbonyl (C=O) groups is 2. The number of nitrogens with one attached hydrogen (secondary N) is 1. The number of rotatable bonds is 3. The Hall–Kier alpha value is -1.10. The molecule has 0 aromatic carbocycles. The summed E-state index contributed by atoms with van der Waals surface area (Å²) in [6.07, 6.45) is 0.322. The van der Waals surface area contributed by atoms with Gasteiger partial charge in [0.05, 0.1) is 6.61 Å². The average Bonchev–Trinajstić information content (AvgIpc) is 2.63. The van der Waals surface area contributed by atoms with E-state index in [1.807, 2.05) is 0 Å². The summed E-state index contributed by atoms with van der Waals surface area (Å²) < 4.78 is 10.4. The first-order valence-electron chi connectivity index (χ1n) is 5.91. The summed E-state index contributed by atoms with van der Waals surface area (Å²) in [4.78, 5) is 23.6. The molecule has 0 saturated carbocycles. The van der Waals surface area contributed by atoms with E-state index < -0.39 is 17.2 Å². The molecule has 0 spiro atoms. The first-order valence-corrected chi connectivity index (χ1v) is 5.91. The van der Waals surface area contributed by atoms with Crippen molar-refractivity contribution in [2.45, 2.75) is 51.7 Å². The van der Waals surface area contributed by atoms with Crippen molar-refractivity contribution >= 4 is 11.9 Å². The number of amides is 1. The van der Waals surface area contributed by atoms with Gasteiger partial charge < -0.3 is 14.8 Å². The van der Waals surface area contributed by atoms with Crippen LogP contribution in [0.5, 0.6) is 0 Å². The molecule has 1 heterocycles. The summed E-state index contributed by atoms with van der Waals surface area (Å²) in [6, 6.07) is 0. The van der Waals surface area contributed by atoms with Crippen molar-refractivity contribution in [2.24, 2.45) is 0 Å². The van der Waals surface area contributed by atoms with E-state index in [1.165, 1.54) is 0 Å². The Morgan fingerprint density at radius 2 is 2.06 bits per heavy atom. The Bertz CT molecular complexity index is 300. The van der Waals surface area contributed by atoms with Gasteiger partial charge in [0.1, 0.15) is 11.1 Å². The van der Waals surface area contributed by atoms with E-state index in [2.05, 4.69) is 5.32 Å². The molecule has 0 aromatic rings. The van der Waals surface area contributed by atoms with Crippen molar-refractivity contribution in [1.82, 2.24) is 5.32 Å². The molecule has 1 rings (SSSR count). The van der Waals surface area contributed by atoms with Gasteiger partial charge in [-0.25, -0.2) is 4.79 Å². The predicted molar refractivity (Wildman–Crippen MR) is 62.8 cm³/mol. The fraction of sp³-hybridized carbons (Fsp3) is 0.833. The summed E-state index contributed by atoms with van der Waals surface area (Å²) in [7, 11) is 0. The minimum atomic E-state index is -0.892. The highest BCUT2D eigenvalue weighted by Gasteiger charge is 2.43. The summed E-state index contributed by atoms with van der Waals surface area (Å²) in [5.41, 5.74) is -1.46. The van der Waals surface area contributed by atoms with Gasteiger partial charge in [-0.2, -0.15) is 0 Å². The van der Waals surface area contributed by atoms with Gasteiger partial charge in [-0.3, -0.25) is 4.79 Å². The van der Waals surface area contributed by atoms with Crippen LogP contribution in [0.4, 0.5) is 4.79 Å². The van der Waals surface area contributed by atoms with Gasteiger partial charge in [-0.05, 0) is 20.8 Å². The van der Waals surface area contributed by atoms with E-state index in [-0.39, 0.29) is 12.4 Å². The molecule has 1 fully saturated rings. The lowest BCUT2D eigenvalue weighted by atomic mass is 9.91. The summed E-state index contributed by atoms with van der Waals surface area (Å²) in [6.45, 7) is 7.85. The number of ether oxygens (including phenoxy) is 2. The maximum absolute atomic E-state index is 11.9. The number of ketones is 1. The third-order valence-corrected chi connectivity index (χ3v) is 2.62. The van der Waals surface area contributed by atoms with Crippen molar-refractivity contribution in [3.05, 3.63) is 0 Å². The average molecular weight is 243 g/mol. The molecule has 1 saturated heterocycles. The van der Waals surface area contributed by atoms with Gasteiger partial charge in [0.25, 0.3) is 0 Å². The molecule has 0 aromatic heterocycles. The molecular formula is C12H21NO4. The van der Waals surface area contributed by atoms with Crippen molar-refractivity contribution in [2.75, 3.05) is 13.2 Å². The second kappa shape index (κ2) is 5.04. The summed E-state index contributed by atoms with van der Waals surface area (Å²) >= 11 is 0. The highest BCUT2D eigenvalue weighted by molar-refractivity contribution is 5.92. The number of alkyl carbamates (subject to hydrolysis) is 1. The normalized spacial score (nSPS) is 24.5. The van der Waals surface area contributed by atoms with E-state index >= 15 is 0 Å². The third-order valence-electron chi connectivity index (χ3n) is 2.62. The SMILES string of the molecule is CCC(=O)C1(NC(=O)OC(C)(C)C)CCOC1. The Balaban J connectivity index is 2.68. The van der Waals surface area contributed by atoms with E-state index in [0.29, 0.717) is 19.4 Å². The Kier molecular flexibility index (Phi) is 4.14. The van der Waals surface area contributed by atoms with Gasteiger partial charge in [-0.1, -0.05) is 6.92 Å². The van der Waals surface area contributed by atoms with Crippen molar-refractivity contribution < 1.29 is 19.1 Å². The molecule has 1 aliphatic rings. The minimum absolute atomic E-state index is 0.0131. The topological polar surface area (TPSA) is 64.6 Å². The smallest absolute Gasteiger partial charge is 0.408 e. The predicted octanol–water partition coefficient (Wildman–Crippen LogP) is 1.65. The highest BCUT2D eigenvalue weighted by atomic mass is 16.6. The fourth-order valence-electron chi connectivity index (χ4n) is 1.79. The Morgan fingerprint density at radius 1 is 1.41 bits per heavy atom. The third kappa shape index (κ3) is 3.70. The second-order valence-corrected chi connectivity index (χ2v) is 5.29. The number of carbonyl (C=O) groups excluding carboxylic acids is 2. The number of Topliss-reactive ketones (excluding diaryl/α,β-unsaturated/α-hetero) is 1. The van der Waals surface area contributed by atoms with Gasteiger partial charge in [-0.15, -0.1) is 0 Å². The molecular weight excluding hydrogens is 222 g/mol. The largest absolute Gasteiger partial charge is 0.444 e. The van der Waals surface area contributed by atoms with Crippen LogP contribution in [0.15, 0.2) is 0 Å². The van der Waals surface area contributed by atoms with E-state index in [9.17, 15) is 9.59 Å². The molecule has 0 bridgehead atoms. The second-order valence-electron chi connectivity index (χ2n) is 5.29. The zero-order chi connectivity index (χ0) is 13.1. The van der Waals surface area contributed by atoms with Crippen LogP contribution in [-0.2, 0) is 14.3 Å². The molecule has 98 valence electrons. The monoisotopic (exact) mass is 243 g/mol. The lowest BCUT2D eigenvalue weighted by Crippen LogP contribution is -2.56. The standard InChI is InChI=1S/C12H21NO4/c1-5-9(14)12(6-7-16-8-12)13-10(15)17-11(2,3)4/h5-8H2,1-4H3,(H,13,15). The van der Waals surface area contributed by atoms with Crippen molar-refractivity contribution in [1.29, 1.82) is 0 Å². The zero-order valence-corrected chi connectivity index (χ0v) is 11.0. The number of hydrogen-bond donors (Lipinski definition) is 1. The van der Waals surface area contributed by atoms with Crippen molar-refractivity contribution in [3.8, 4) is 0 Å². The molecule has 1 N–H and O–H groups in total. The van der Waals surface area contributed by atoms with Gasteiger partial charge in [0.15, 0.2) is 5.78 Å². The van der Waals surface area contributed by atoms with Crippen LogP contribution in [0.1, 0.15) is 40.5 Å². The van der Waals surface area contributed by atoms with Gasteiger partial charge in [0, 0.05) is 19.4 Å². The molecule has 5 nitrogen and oxygen atoms in total. The summed E-state index contributed by atoms with van der Waals surface area (Å²) in [5.74, 6) is -0.0131. The lowest BCUT2D eigenvalue weighted by Gasteiger charge is -2.28. The van der Waals surface area contributed by atoms with Crippen LogP contribution in [0, 0.1) is 0 Å². The molecule has 17 heavy (non-hydrogen) atoms. The first kappa shape index (κ1) is 14.0. The van der Waals surface area contributed by atoms with Crippen LogP contribution >= 0.6 is 0 Å². The molecule has 1 amide bonds. The van der Waals surface area contributed by atoms with Gasteiger partial charge >= 0.3 is 6.09 Å². The molecule has 0 radical (unpaired) electrons. The van der Waals surface area contributed by atoms with Crippen molar-refractivity contribution in [3.63, 3.8) is 0 Å². The lowest BCUT2D eigenvalue weighted by molar-refractivity contribution is -0.125. The molecule has 1 unspecified atom stereocenters. The van der Waals surface area contributed by atoms with E-state index in [0.717, 1.165) is 0 Å². The van der Waals surface area contributed by atoms with E-state index in [1.54, 1.807) is 27.7 Å². The van der Waals surface area contributed by atoms with Crippen LogP contribution in [0.2, 0.25) is 0 Å². The zero-order valence-electron chi connectivity index (χ0n) is 11.0. The molecule has 5 heteroatoms. The van der Waals surface area contributed by atoms with Crippen LogP contribution in [-0.4, -0.2) is 36.2 Å². The molecule has 1 aliphatic heterocycles. The summed E-state index contributed by atoms with van der Waals surface area (Å²) in [5, 5.41) is 2.66.